The van der Waals surface area contributed by atoms with Crippen molar-refractivity contribution in [3.8, 4) is 0 Å². The first-order valence-corrected chi connectivity index (χ1v) is 26.6. The van der Waals surface area contributed by atoms with Gasteiger partial charge in [-0.2, -0.15) is 5.48 Å². The summed E-state index contributed by atoms with van der Waals surface area (Å²) in [6.45, 7) is 23.0. The smallest absolute Gasteiger partial charge is 0.224 e. The molecule has 0 saturated carbocycles. The van der Waals surface area contributed by atoms with Crippen LogP contribution in [0.1, 0.15) is 5.56 Å². The molecule has 1 aromatic carbocycles. The molecule has 1 saturated heterocycles. The summed E-state index contributed by atoms with van der Waals surface area (Å²) in [6.07, 6.45) is 0. The molecule has 2 rings (SSSR count). The molecule has 1 heterocycles. The zero-order valence-corrected chi connectivity index (χ0v) is 24.0. The van der Waals surface area contributed by atoms with E-state index in [-0.39, 0.29) is 17.9 Å². The van der Waals surface area contributed by atoms with E-state index in [0.29, 0.717) is 13.2 Å². The first kappa shape index (κ1) is 24.7. The maximum atomic E-state index is 12.9. The molecule has 8 heteroatoms. The summed E-state index contributed by atoms with van der Waals surface area (Å²) in [7, 11) is -4.21. The maximum absolute atomic E-state index is 12.9. The topological polar surface area (TPSA) is 50.4 Å². The second-order valence-corrected chi connectivity index (χ2v) is 53.1. The van der Waals surface area contributed by atoms with Crippen molar-refractivity contribution in [2.24, 2.45) is 5.92 Å². The molecule has 0 aliphatic carbocycles. The molecule has 0 radical (unpaired) electrons. The highest BCUT2D eigenvalue weighted by atomic mass is 29.9. The quantitative estimate of drug-likeness (QED) is 0.415. The van der Waals surface area contributed by atoms with Gasteiger partial charge in [0.15, 0.2) is 0 Å². The van der Waals surface area contributed by atoms with Gasteiger partial charge in [-0.15, -0.1) is 0 Å². The Morgan fingerprint density at radius 1 is 0.931 bits per heavy atom. The van der Waals surface area contributed by atoms with Crippen LogP contribution in [0.15, 0.2) is 30.3 Å². The van der Waals surface area contributed by atoms with Gasteiger partial charge in [-0.05, 0) is 11.6 Å². The third-order valence-corrected chi connectivity index (χ3v) is 81.1. The molecule has 164 valence electrons. The van der Waals surface area contributed by atoms with Gasteiger partial charge in [0, 0.05) is 35.9 Å². The number of carbonyl (C=O) groups is 1. The Morgan fingerprint density at radius 3 is 1.93 bits per heavy atom. The van der Waals surface area contributed by atoms with Crippen LogP contribution in [0.2, 0.25) is 65.0 Å². The monoisotopic (exact) mass is 466 g/mol. The Labute approximate surface area is 181 Å². The number of hydroxylamine groups is 1. The first-order valence-electron chi connectivity index (χ1n) is 10.9. The van der Waals surface area contributed by atoms with Crippen molar-refractivity contribution in [3.63, 3.8) is 0 Å². The first-order chi connectivity index (χ1) is 13.2. The SMILES string of the molecule is C[Si](C)(C)[Si](CC1C(=O)NCC1NOCc1ccccc1)([Si](C)(C)C)[Si](C)(C)C. The van der Waals surface area contributed by atoms with Crippen molar-refractivity contribution >= 4 is 35.3 Å². The largest absolute Gasteiger partial charge is 0.354 e. The van der Waals surface area contributed by atoms with E-state index in [9.17, 15) is 4.79 Å². The van der Waals surface area contributed by atoms with Gasteiger partial charge in [0.1, 0.15) is 0 Å². The van der Waals surface area contributed by atoms with E-state index in [1.165, 1.54) is 0 Å². The predicted octanol–water partition coefficient (Wildman–Crippen LogP) is 4.52. The Balaban J connectivity index is 2.24. The van der Waals surface area contributed by atoms with Gasteiger partial charge in [-0.3, -0.25) is 9.63 Å². The highest BCUT2D eigenvalue weighted by molar-refractivity contribution is 7.89. The Kier molecular flexibility index (Phi) is 7.61. The Bertz CT molecular complexity index is 657. The molecule has 1 aliphatic rings. The highest BCUT2D eigenvalue weighted by Crippen LogP contribution is 2.43. The van der Waals surface area contributed by atoms with Crippen molar-refractivity contribution in [2.45, 2.75) is 77.6 Å². The van der Waals surface area contributed by atoms with Gasteiger partial charge in [-0.1, -0.05) is 89.3 Å². The van der Waals surface area contributed by atoms with Crippen molar-refractivity contribution in [2.75, 3.05) is 6.54 Å². The lowest BCUT2D eigenvalue weighted by Gasteiger charge is -2.58. The number of benzene rings is 1. The molecular formula is C21H42N2O2Si4. The fourth-order valence-electron chi connectivity index (χ4n) is 6.46. The number of nitrogens with one attached hydrogen (secondary N) is 2. The summed E-state index contributed by atoms with van der Waals surface area (Å²) in [5.74, 6) is 0.278. The third kappa shape index (κ3) is 5.22. The molecule has 2 atom stereocenters. The van der Waals surface area contributed by atoms with Gasteiger partial charge in [0.05, 0.1) is 18.6 Å². The molecule has 0 aromatic heterocycles. The maximum Gasteiger partial charge on any atom is 0.224 e. The third-order valence-electron chi connectivity index (χ3n) is 7.00. The summed E-state index contributed by atoms with van der Waals surface area (Å²) >= 11 is 0. The fourth-order valence-corrected chi connectivity index (χ4v) is 105. The number of amides is 1. The van der Waals surface area contributed by atoms with Crippen molar-refractivity contribution in [1.29, 1.82) is 0 Å². The van der Waals surface area contributed by atoms with Crippen molar-refractivity contribution < 1.29 is 9.63 Å². The van der Waals surface area contributed by atoms with Gasteiger partial charge in [0.25, 0.3) is 0 Å². The lowest BCUT2D eigenvalue weighted by atomic mass is 10.1. The number of hydrogen-bond acceptors (Lipinski definition) is 3. The van der Waals surface area contributed by atoms with Crippen LogP contribution in [0.3, 0.4) is 0 Å². The minimum Gasteiger partial charge on any atom is -0.354 e. The number of carbonyl (C=O) groups excluding carboxylic acids is 1. The van der Waals surface area contributed by atoms with Crippen LogP contribution in [-0.2, 0) is 16.2 Å². The van der Waals surface area contributed by atoms with Crippen LogP contribution in [0, 0.1) is 5.92 Å². The molecule has 2 unspecified atom stereocenters. The van der Waals surface area contributed by atoms with Gasteiger partial charge in [-0.25, -0.2) is 0 Å². The van der Waals surface area contributed by atoms with E-state index in [1.54, 1.807) is 0 Å². The minimum absolute atomic E-state index is 0.0441. The van der Waals surface area contributed by atoms with E-state index in [2.05, 4.69) is 81.9 Å². The zero-order valence-electron chi connectivity index (χ0n) is 20.0. The standard InChI is InChI=1S/C21H42N2O2Si4/c1-26(2,3)29(27(4,5)6,28(7,8)9)17-19-20(15-22-21(19)24)23-25-16-18-13-11-10-12-14-18/h10-14,19-20,23H,15-17H2,1-9H3,(H,22,24). The zero-order chi connectivity index (χ0) is 22.1. The summed E-state index contributed by atoms with van der Waals surface area (Å²) in [6, 6.07) is 11.4. The molecule has 2 N–H and O–H groups in total. The van der Waals surface area contributed by atoms with E-state index in [0.717, 1.165) is 11.6 Å². The van der Waals surface area contributed by atoms with Crippen LogP contribution in [0.4, 0.5) is 0 Å². The van der Waals surface area contributed by atoms with E-state index in [4.69, 9.17) is 4.84 Å². The van der Waals surface area contributed by atoms with E-state index in [1.807, 2.05) is 18.2 Å². The van der Waals surface area contributed by atoms with Crippen molar-refractivity contribution in [1.82, 2.24) is 10.8 Å². The highest BCUT2D eigenvalue weighted by Gasteiger charge is 2.63. The summed E-state index contributed by atoms with van der Waals surface area (Å²) in [4.78, 5) is 18.8. The average Bonchev–Trinajstić information content (AvgIpc) is 2.90. The molecule has 1 amide bonds. The molecule has 4 nitrogen and oxygen atoms in total. The van der Waals surface area contributed by atoms with Gasteiger partial charge < -0.3 is 5.32 Å². The molecular weight excluding hydrogens is 425 g/mol. The van der Waals surface area contributed by atoms with E-state index >= 15 is 0 Å². The van der Waals surface area contributed by atoms with Gasteiger partial charge in [0.2, 0.25) is 5.91 Å². The summed E-state index contributed by atoms with van der Waals surface area (Å²) < 4.78 is 0. The lowest BCUT2D eigenvalue weighted by Crippen LogP contribution is -2.83. The number of hydrogen-bond donors (Lipinski definition) is 2. The Hall–Kier alpha value is -0.522. The van der Waals surface area contributed by atoms with Crippen LogP contribution in [0.25, 0.3) is 0 Å². The van der Waals surface area contributed by atoms with E-state index < -0.39 is 29.4 Å². The molecule has 1 aliphatic heterocycles. The number of rotatable bonds is 9. The molecule has 29 heavy (non-hydrogen) atoms. The molecule has 0 spiro atoms. The second-order valence-electron chi connectivity index (χ2n) is 11.7. The Morgan fingerprint density at radius 2 is 1.45 bits per heavy atom. The second kappa shape index (κ2) is 8.92. The van der Waals surface area contributed by atoms with Crippen LogP contribution in [0.5, 0.6) is 0 Å². The molecule has 0 bridgehead atoms. The molecule has 1 aromatic rings. The van der Waals surface area contributed by atoms with Crippen LogP contribution < -0.4 is 10.8 Å². The molecule has 1 fully saturated rings. The lowest BCUT2D eigenvalue weighted by molar-refractivity contribution is -0.122. The summed E-state index contributed by atoms with van der Waals surface area (Å²) in [5, 5.41) is 3.13. The predicted molar refractivity (Wildman–Crippen MR) is 135 cm³/mol. The minimum atomic E-state index is -1.59. The van der Waals surface area contributed by atoms with Crippen LogP contribution >= 0.6 is 0 Å². The van der Waals surface area contributed by atoms with Crippen LogP contribution in [-0.4, -0.2) is 47.9 Å². The van der Waals surface area contributed by atoms with Crippen molar-refractivity contribution in [3.05, 3.63) is 35.9 Å². The average molecular weight is 467 g/mol. The normalized spacial score (nSPS) is 21.3. The fraction of sp³-hybridized carbons (Fsp3) is 0.667. The van der Waals surface area contributed by atoms with Gasteiger partial charge >= 0.3 is 0 Å². The summed E-state index contributed by atoms with van der Waals surface area (Å²) in [5.41, 5.74) is 4.42.